The van der Waals surface area contributed by atoms with Gasteiger partial charge >= 0.3 is 6.09 Å². The number of carbonyl (C=O) groups excluding carboxylic acids is 3. The topological polar surface area (TPSA) is 91.8 Å². The number of hydrogen-bond donors (Lipinski definition) is 1. The zero-order chi connectivity index (χ0) is 25.8. The molecule has 1 aromatic heterocycles. The van der Waals surface area contributed by atoms with Gasteiger partial charge in [0.2, 0.25) is 0 Å². The summed E-state index contributed by atoms with van der Waals surface area (Å²) in [5.74, 6) is -0.286. The third-order valence-electron chi connectivity index (χ3n) is 6.25. The maximum atomic E-state index is 13.4. The number of ether oxygens (including phenoxy) is 1. The number of pyridine rings is 1. The lowest BCUT2D eigenvalue weighted by Gasteiger charge is -2.39. The van der Waals surface area contributed by atoms with Crippen LogP contribution >= 0.6 is 25.1 Å². The summed E-state index contributed by atoms with van der Waals surface area (Å²) in [6, 6.07) is 14.0. The lowest BCUT2D eigenvalue weighted by Crippen LogP contribution is -2.55. The van der Waals surface area contributed by atoms with Gasteiger partial charge in [0.1, 0.15) is 0 Å². The summed E-state index contributed by atoms with van der Waals surface area (Å²) in [6.07, 6.45) is 0.430. The van der Waals surface area contributed by atoms with E-state index in [-0.39, 0.29) is 37.4 Å². The molecular weight excluding hydrogens is 512 g/mol. The van der Waals surface area contributed by atoms with Crippen molar-refractivity contribution in [3.63, 3.8) is 0 Å². The van der Waals surface area contributed by atoms with Gasteiger partial charge < -0.3 is 19.9 Å². The average Bonchev–Trinajstić information content (AvgIpc) is 2.90. The third-order valence-corrected chi connectivity index (χ3v) is 6.57. The van der Waals surface area contributed by atoms with Crippen LogP contribution in [0, 0.1) is 0 Å². The maximum Gasteiger partial charge on any atom is 0.409 e. The van der Waals surface area contributed by atoms with Crippen LogP contribution in [0.25, 0.3) is 22.2 Å². The number of nitrogens with zero attached hydrogens (tertiary/aromatic N) is 3. The number of halogens is 1. The monoisotopic (exact) mass is 542 g/mol. The molecule has 0 radical (unpaired) electrons. The summed E-state index contributed by atoms with van der Waals surface area (Å²) >= 11 is 6.55. The molecule has 0 spiro atoms. The number of benzene rings is 2. The zero-order valence-corrected chi connectivity index (χ0v) is 22.8. The number of nitrogens with one attached hydrogen (secondary N) is 1. The lowest BCUT2D eigenvalue weighted by atomic mass is 10.0. The van der Waals surface area contributed by atoms with Gasteiger partial charge in [-0.1, -0.05) is 36.7 Å². The van der Waals surface area contributed by atoms with Gasteiger partial charge in [-0.15, -0.1) is 0 Å². The second kappa shape index (κ2) is 12.3. The second-order valence-electron chi connectivity index (χ2n) is 8.79. The van der Waals surface area contributed by atoms with E-state index in [9.17, 15) is 14.4 Å². The summed E-state index contributed by atoms with van der Waals surface area (Å²) in [5.41, 5.74) is 3.12. The van der Waals surface area contributed by atoms with E-state index in [2.05, 4.69) is 5.32 Å². The molecule has 1 saturated heterocycles. The fourth-order valence-corrected chi connectivity index (χ4v) is 4.54. The van der Waals surface area contributed by atoms with E-state index in [4.69, 9.17) is 21.3 Å². The highest BCUT2D eigenvalue weighted by Gasteiger charge is 2.31. The van der Waals surface area contributed by atoms with E-state index in [1.54, 1.807) is 53.2 Å². The van der Waals surface area contributed by atoms with E-state index in [1.807, 2.05) is 26.0 Å². The quantitative estimate of drug-likeness (QED) is 0.503. The van der Waals surface area contributed by atoms with Gasteiger partial charge in [0.05, 0.1) is 22.8 Å². The molecule has 1 atom stereocenters. The predicted octanol–water partition coefficient (Wildman–Crippen LogP) is 4.72. The standard InChI is InChI=1S/C27H29ClN4O4.H2S/c1-4-13-36-27(35)31-11-12-32(17(2)16-31)26(34)20-9-10-21-22(28)15-23(30-24(21)14-20)18-5-7-19(8-6-18)25(33)29-3;/h5-10,14-15,17H,4,11-13,16H2,1-3H3,(H,29,33);1H2/t17-;/m0./s1. The van der Waals surface area contributed by atoms with Gasteiger partial charge in [-0.2, -0.15) is 13.5 Å². The number of piperazine rings is 1. The number of fused-ring (bicyclic) bond motifs is 1. The molecule has 8 nitrogen and oxygen atoms in total. The minimum Gasteiger partial charge on any atom is -0.449 e. The Bertz CT molecular complexity index is 1300. The maximum absolute atomic E-state index is 13.4. The third kappa shape index (κ3) is 6.17. The van der Waals surface area contributed by atoms with E-state index in [1.165, 1.54) is 0 Å². The largest absolute Gasteiger partial charge is 0.449 e. The molecule has 37 heavy (non-hydrogen) atoms. The molecule has 0 unspecified atom stereocenters. The van der Waals surface area contributed by atoms with Crippen molar-refractivity contribution in [1.29, 1.82) is 0 Å². The van der Waals surface area contributed by atoms with Crippen LogP contribution in [0.5, 0.6) is 0 Å². The second-order valence-corrected chi connectivity index (χ2v) is 9.19. The van der Waals surface area contributed by atoms with Crippen LogP contribution in [-0.2, 0) is 4.74 Å². The number of rotatable bonds is 5. The smallest absolute Gasteiger partial charge is 0.409 e. The summed E-state index contributed by atoms with van der Waals surface area (Å²) < 4.78 is 5.23. The molecule has 1 fully saturated rings. The van der Waals surface area contributed by atoms with Crippen molar-refractivity contribution >= 4 is 53.9 Å². The van der Waals surface area contributed by atoms with Gasteiger partial charge in [-0.05, 0) is 43.7 Å². The molecule has 1 N–H and O–H groups in total. The molecule has 2 heterocycles. The molecule has 4 rings (SSSR count). The Morgan fingerprint density at radius 2 is 1.78 bits per heavy atom. The van der Waals surface area contributed by atoms with Crippen LogP contribution in [0.3, 0.4) is 0 Å². The molecule has 2 aromatic carbocycles. The first-order valence-corrected chi connectivity index (χ1v) is 12.4. The molecule has 3 amide bonds. The van der Waals surface area contributed by atoms with Crippen molar-refractivity contribution < 1.29 is 19.1 Å². The molecule has 0 aliphatic carbocycles. The average molecular weight is 543 g/mol. The highest BCUT2D eigenvalue weighted by Crippen LogP contribution is 2.29. The fourth-order valence-electron chi connectivity index (χ4n) is 4.28. The van der Waals surface area contributed by atoms with Crippen molar-refractivity contribution in [1.82, 2.24) is 20.1 Å². The molecule has 1 aliphatic heterocycles. The van der Waals surface area contributed by atoms with E-state index < -0.39 is 0 Å². The van der Waals surface area contributed by atoms with Gasteiger partial charge in [0, 0.05) is 54.8 Å². The van der Waals surface area contributed by atoms with Gasteiger partial charge in [0.15, 0.2) is 0 Å². The Labute approximate surface area is 228 Å². The van der Waals surface area contributed by atoms with Crippen LogP contribution in [0.4, 0.5) is 4.79 Å². The molecule has 10 heteroatoms. The highest BCUT2D eigenvalue weighted by molar-refractivity contribution is 7.59. The Morgan fingerprint density at radius 1 is 1.08 bits per heavy atom. The van der Waals surface area contributed by atoms with Crippen molar-refractivity contribution in [2.45, 2.75) is 26.3 Å². The van der Waals surface area contributed by atoms with Crippen LogP contribution < -0.4 is 5.32 Å². The Balaban J connectivity index is 0.00000380. The molecule has 1 aliphatic rings. The normalized spacial score (nSPS) is 15.2. The number of amides is 3. The molecule has 3 aromatic rings. The molecule has 0 bridgehead atoms. The van der Waals surface area contributed by atoms with E-state index >= 15 is 0 Å². The number of aromatic nitrogens is 1. The first kappa shape index (κ1) is 28.3. The van der Waals surface area contributed by atoms with Crippen molar-refractivity contribution in [3.05, 3.63) is 64.7 Å². The summed E-state index contributed by atoms with van der Waals surface area (Å²) in [5, 5.41) is 3.87. The predicted molar refractivity (Wildman–Crippen MR) is 150 cm³/mol. The zero-order valence-electron chi connectivity index (χ0n) is 21.1. The van der Waals surface area contributed by atoms with Crippen molar-refractivity contribution in [3.8, 4) is 11.3 Å². The van der Waals surface area contributed by atoms with Crippen LogP contribution in [-0.4, -0.2) is 72.0 Å². The first-order valence-electron chi connectivity index (χ1n) is 12.0. The van der Waals surface area contributed by atoms with Crippen molar-refractivity contribution in [2.24, 2.45) is 0 Å². The number of hydrogen-bond acceptors (Lipinski definition) is 5. The van der Waals surface area contributed by atoms with E-state index in [0.29, 0.717) is 53.6 Å². The lowest BCUT2D eigenvalue weighted by molar-refractivity contribution is 0.0414. The van der Waals surface area contributed by atoms with Crippen LogP contribution in [0.1, 0.15) is 41.0 Å². The van der Waals surface area contributed by atoms with E-state index in [0.717, 1.165) is 17.4 Å². The molecular formula is C27H31ClN4O4S. The Morgan fingerprint density at radius 3 is 2.43 bits per heavy atom. The molecule has 0 saturated carbocycles. The van der Waals surface area contributed by atoms with Gasteiger partial charge in [-0.3, -0.25) is 9.59 Å². The minimum atomic E-state index is -0.337. The summed E-state index contributed by atoms with van der Waals surface area (Å²) in [6.45, 7) is 5.52. The molecule has 196 valence electrons. The van der Waals surface area contributed by atoms with Crippen LogP contribution in [0.2, 0.25) is 5.02 Å². The fraction of sp³-hybridized carbons (Fsp3) is 0.333. The summed E-state index contributed by atoms with van der Waals surface area (Å²) in [7, 11) is 1.59. The van der Waals surface area contributed by atoms with Crippen LogP contribution in [0.15, 0.2) is 48.5 Å². The number of carbonyl (C=O) groups is 3. The first-order chi connectivity index (χ1) is 17.3. The minimum absolute atomic E-state index is 0. The highest BCUT2D eigenvalue weighted by atomic mass is 35.5. The Hall–Kier alpha value is -3.30. The Kier molecular flexibility index (Phi) is 9.39. The SMILES string of the molecule is CCCOC(=O)N1CCN(C(=O)c2ccc3c(Cl)cc(-c4ccc(C(=O)NC)cc4)nc3c2)[C@@H](C)C1.S. The van der Waals surface area contributed by atoms with Gasteiger partial charge in [0.25, 0.3) is 11.8 Å². The van der Waals surface area contributed by atoms with Gasteiger partial charge in [-0.25, -0.2) is 9.78 Å². The van der Waals surface area contributed by atoms with Crippen molar-refractivity contribution in [2.75, 3.05) is 33.3 Å². The summed E-state index contributed by atoms with van der Waals surface area (Å²) in [4.78, 5) is 45.6.